The molecule has 1 N–H and O–H groups in total. The van der Waals surface area contributed by atoms with Crippen molar-refractivity contribution in [3.05, 3.63) is 61.4 Å². The number of halogens is 1. The second kappa shape index (κ2) is 5.53. The molecule has 21 heavy (non-hydrogen) atoms. The van der Waals surface area contributed by atoms with Crippen LogP contribution in [0.5, 0.6) is 0 Å². The van der Waals surface area contributed by atoms with E-state index in [1.165, 1.54) is 0 Å². The zero-order valence-corrected chi connectivity index (χ0v) is 13.4. The SMILES string of the molecule is CCc1c(Cl)[nH]c(=O)n(-c2ccc(C(C)(C)C)cc2)c1=O. The van der Waals surface area contributed by atoms with Crippen molar-refractivity contribution < 1.29 is 0 Å². The Balaban J connectivity index is 2.63. The van der Waals surface area contributed by atoms with Crippen molar-refractivity contribution in [2.24, 2.45) is 0 Å². The Bertz CT molecular complexity index is 765. The van der Waals surface area contributed by atoms with Crippen LogP contribution in [-0.4, -0.2) is 9.55 Å². The van der Waals surface area contributed by atoms with Crippen molar-refractivity contribution in [3.8, 4) is 5.69 Å². The number of benzene rings is 1. The van der Waals surface area contributed by atoms with Gasteiger partial charge in [-0.15, -0.1) is 0 Å². The summed E-state index contributed by atoms with van der Waals surface area (Å²) in [6.07, 6.45) is 0.467. The molecular formula is C16H19ClN2O2. The normalized spacial score (nSPS) is 11.7. The molecule has 0 fully saturated rings. The third-order valence-electron chi connectivity index (χ3n) is 3.49. The van der Waals surface area contributed by atoms with Crippen molar-refractivity contribution in [3.63, 3.8) is 0 Å². The van der Waals surface area contributed by atoms with Gasteiger partial charge in [0.15, 0.2) is 0 Å². The van der Waals surface area contributed by atoms with Gasteiger partial charge in [0.05, 0.1) is 11.3 Å². The molecule has 1 heterocycles. The van der Waals surface area contributed by atoms with Crippen LogP contribution in [0.15, 0.2) is 33.9 Å². The second-order valence-corrected chi connectivity index (χ2v) is 6.39. The number of nitrogens with zero attached hydrogens (tertiary/aromatic N) is 1. The van der Waals surface area contributed by atoms with Gasteiger partial charge < -0.3 is 0 Å². The van der Waals surface area contributed by atoms with Crippen LogP contribution in [0, 0.1) is 0 Å². The van der Waals surface area contributed by atoms with Gasteiger partial charge in [-0.3, -0.25) is 9.78 Å². The number of hydrogen-bond acceptors (Lipinski definition) is 2. The third-order valence-corrected chi connectivity index (χ3v) is 3.81. The molecule has 1 aromatic heterocycles. The topological polar surface area (TPSA) is 54.9 Å². The Morgan fingerprint density at radius 3 is 2.19 bits per heavy atom. The van der Waals surface area contributed by atoms with Gasteiger partial charge >= 0.3 is 5.69 Å². The Morgan fingerprint density at radius 2 is 1.71 bits per heavy atom. The van der Waals surface area contributed by atoms with Crippen LogP contribution in [0.3, 0.4) is 0 Å². The largest absolute Gasteiger partial charge is 0.334 e. The molecule has 2 rings (SSSR count). The summed E-state index contributed by atoms with van der Waals surface area (Å²) >= 11 is 5.91. The first-order valence-electron chi connectivity index (χ1n) is 6.90. The van der Waals surface area contributed by atoms with Crippen molar-refractivity contribution in [2.75, 3.05) is 0 Å². The van der Waals surface area contributed by atoms with E-state index < -0.39 is 5.69 Å². The minimum absolute atomic E-state index is 0.0183. The van der Waals surface area contributed by atoms with E-state index in [0.717, 1.165) is 10.1 Å². The van der Waals surface area contributed by atoms with Gasteiger partial charge in [0.25, 0.3) is 5.56 Å². The Kier molecular flexibility index (Phi) is 4.10. The van der Waals surface area contributed by atoms with E-state index in [2.05, 4.69) is 25.8 Å². The summed E-state index contributed by atoms with van der Waals surface area (Å²) in [5.74, 6) is 0. The lowest BCUT2D eigenvalue weighted by molar-refractivity contribution is 0.590. The summed E-state index contributed by atoms with van der Waals surface area (Å²) in [6, 6.07) is 7.43. The van der Waals surface area contributed by atoms with Crippen LogP contribution in [0.2, 0.25) is 5.15 Å². The fourth-order valence-electron chi connectivity index (χ4n) is 2.20. The highest BCUT2D eigenvalue weighted by molar-refractivity contribution is 6.30. The molecule has 0 bridgehead atoms. The van der Waals surface area contributed by atoms with Gasteiger partial charge in [-0.2, -0.15) is 0 Å². The maximum absolute atomic E-state index is 12.4. The highest BCUT2D eigenvalue weighted by Crippen LogP contribution is 2.22. The summed E-state index contributed by atoms with van der Waals surface area (Å²) in [5.41, 5.74) is 1.22. The van der Waals surface area contributed by atoms with E-state index >= 15 is 0 Å². The number of rotatable bonds is 2. The Labute approximate surface area is 128 Å². The van der Waals surface area contributed by atoms with Crippen molar-refractivity contribution in [2.45, 2.75) is 39.5 Å². The molecule has 0 spiro atoms. The van der Waals surface area contributed by atoms with Crippen LogP contribution >= 0.6 is 11.6 Å². The zero-order valence-electron chi connectivity index (χ0n) is 12.7. The quantitative estimate of drug-likeness (QED) is 0.867. The molecule has 0 amide bonds. The van der Waals surface area contributed by atoms with Gasteiger partial charge in [0.2, 0.25) is 0 Å². The standard InChI is InChI=1S/C16H19ClN2O2/c1-5-12-13(17)18-15(21)19(14(12)20)11-8-6-10(7-9-11)16(2,3)4/h6-9H,5H2,1-4H3,(H,18,21). The fourth-order valence-corrected chi connectivity index (χ4v) is 2.49. The first-order valence-corrected chi connectivity index (χ1v) is 7.28. The molecule has 0 saturated heterocycles. The molecule has 0 radical (unpaired) electrons. The average Bonchev–Trinajstić information content (AvgIpc) is 2.38. The molecule has 5 heteroatoms. The predicted molar refractivity (Wildman–Crippen MR) is 85.7 cm³/mol. The number of hydrogen-bond donors (Lipinski definition) is 1. The summed E-state index contributed by atoms with van der Waals surface area (Å²) in [5, 5.41) is 0.120. The van der Waals surface area contributed by atoms with Crippen LogP contribution in [-0.2, 0) is 11.8 Å². The average molecular weight is 307 g/mol. The summed E-state index contributed by atoms with van der Waals surface area (Å²) < 4.78 is 1.12. The van der Waals surface area contributed by atoms with Crippen LogP contribution < -0.4 is 11.2 Å². The molecule has 0 unspecified atom stereocenters. The molecular weight excluding hydrogens is 288 g/mol. The van der Waals surface area contributed by atoms with Gasteiger partial charge in [0, 0.05) is 0 Å². The second-order valence-electron chi connectivity index (χ2n) is 6.01. The van der Waals surface area contributed by atoms with E-state index in [0.29, 0.717) is 17.7 Å². The lowest BCUT2D eigenvalue weighted by atomic mass is 9.87. The molecule has 4 nitrogen and oxygen atoms in total. The molecule has 0 aliphatic heterocycles. The summed E-state index contributed by atoms with van der Waals surface area (Å²) in [7, 11) is 0. The zero-order chi connectivity index (χ0) is 15.8. The van der Waals surface area contributed by atoms with E-state index in [-0.39, 0.29) is 16.1 Å². The maximum atomic E-state index is 12.4. The summed E-state index contributed by atoms with van der Waals surface area (Å²) in [6.45, 7) is 8.16. The van der Waals surface area contributed by atoms with Crippen LogP contribution in [0.4, 0.5) is 0 Å². The van der Waals surface area contributed by atoms with E-state index in [1.54, 1.807) is 12.1 Å². The number of aromatic nitrogens is 2. The van der Waals surface area contributed by atoms with Crippen molar-refractivity contribution >= 4 is 11.6 Å². The first kappa shape index (κ1) is 15.6. The van der Waals surface area contributed by atoms with Crippen molar-refractivity contribution in [1.29, 1.82) is 0 Å². The molecule has 112 valence electrons. The monoisotopic (exact) mass is 306 g/mol. The number of aromatic amines is 1. The number of nitrogens with one attached hydrogen (secondary N) is 1. The molecule has 0 saturated carbocycles. The van der Waals surface area contributed by atoms with E-state index in [4.69, 9.17) is 11.6 Å². The highest BCUT2D eigenvalue weighted by atomic mass is 35.5. The highest BCUT2D eigenvalue weighted by Gasteiger charge is 2.15. The molecule has 0 aliphatic carbocycles. The Morgan fingerprint density at radius 1 is 1.14 bits per heavy atom. The van der Waals surface area contributed by atoms with Gasteiger partial charge in [-0.05, 0) is 29.5 Å². The fraction of sp³-hybridized carbons (Fsp3) is 0.375. The minimum atomic E-state index is -0.522. The van der Waals surface area contributed by atoms with Crippen LogP contribution in [0.1, 0.15) is 38.8 Å². The lowest BCUT2D eigenvalue weighted by Gasteiger charge is -2.19. The first-order chi connectivity index (χ1) is 9.75. The van der Waals surface area contributed by atoms with Crippen molar-refractivity contribution in [1.82, 2.24) is 9.55 Å². The van der Waals surface area contributed by atoms with Gasteiger partial charge in [0.1, 0.15) is 5.15 Å². The molecule has 1 aromatic carbocycles. The predicted octanol–water partition coefficient (Wildman–Crippen LogP) is 3.04. The van der Waals surface area contributed by atoms with E-state index in [1.807, 2.05) is 19.1 Å². The van der Waals surface area contributed by atoms with E-state index in [9.17, 15) is 9.59 Å². The van der Waals surface area contributed by atoms with Gasteiger partial charge in [-0.1, -0.05) is 51.4 Å². The minimum Gasteiger partial charge on any atom is -0.297 e. The molecule has 0 atom stereocenters. The summed E-state index contributed by atoms with van der Waals surface area (Å²) in [4.78, 5) is 26.9. The third kappa shape index (κ3) is 2.95. The lowest BCUT2D eigenvalue weighted by Crippen LogP contribution is -2.36. The Hall–Kier alpha value is -1.81. The molecule has 0 aliphatic rings. The maximum Gasteiger partial charge on any atom is 0.334 e. The van der Waals surface area contributed by atoms with Crippen LogP contribution in [0.25, 0.3) is 5.69 Å². The number of H-pyrrole nitrogens is 1. The smallest absolute Gasteiger partial charge is 0.297 e. The molecule has 2 aromatic rings. The van der Waals surface area contributed by atoms with Gasteiger partial charge in [-0.25, -0.2) is 9.36 Å².